The lowest BCUT2D eigenvalue weighted by atomic mass is 10.0. The molecular weight excluding hydrogens is 384 g/mol. The Morgan fingerprint density at radius 2 is 2.13 bits per heavy atom. The van der Waals surface area contributed by atoms with Gasteiger partial charge in [-0.25, -0.2) is 9.78 Å². The van der Waals surface area contributed by atoms with Gasteiger partial charge in [0.1, 0.15) is 10.1 Å². The van der Waals surface area contributed by atoms with Crippen LogP contribution in [0.3, 0.4) is 0 Å². The predicted molar refractivity (Wildman–Crippen MR) is 90.7 cm³/mol. The largest absolute Gasteiger partial charge is 0.504 e. The quantitative estimate of drug-likeness (QED) is 0.522. The number of carbonyl (C=O) groups is 1. The molecule has 0 saturated carbocycles. The molecule has 1 N–H and O–H groups in total. The highest BCUT2D eigenvalue weighted by molar-refractivity contribution is 9.10. The smallest absolute Gasteiger partial charge is 0.360 e. The first-order valence-corrected chi connectivity index (χ1v) is 7.71. The maximum atomic E-state index is 11.7. The van der Waals surface area contributed by atoms with Gasteiger partial charge in [-0.2, -0.15) is 0 Å². The number of carbonyl (C=O) groups excluding carboxylic acids is 1. The summed E-state index contributed by atoms with van der Waals surface area (Å²) >= 11 is 9.39. The molecule has 0 radical (unpaired) electrons. The molecule has 0 aliphatic rings. The zero-order valence-corrected chi connectivity index (χ0v) is 14.2. The van der Waals surface area contributed by atoms with Gasteiger partial charge in [-0.15, -0.1) is 0 Å². The van der Waals surface area contributed by atoms with Crippen molar-refractivity contribution in [1.29, 1.82) is 0 Å². The fraction of sp³-hybridized carbons (Fsp3) is 0.0625. The molecule has 3 aromatic rings. The van der Waals surface area contributed by atoms with Gasteiger partial charge in [0, 0.05) is 16.6 Å². The van der Waals surface area contributed by atoms with Crippen LogP contribution in [0.5, 0.6) is 5.75 Å². The molecule has 0 amide bonds. The molecule has 5 nitrogen and oxygen atoms in total. The molecular formula is C16H10BrClN2O3. The number of methoxy groups -OCH3 is 1. The molecule has 0 fully saturated rings. The summed E-state index contributed by atoms with van der Waals surface area (Å²) in [5.41, 5.74) is 1.69. The second-order valence-electron chi connectivity index (χ2n) is 4.68. The van der Waals surface area contributed by atoms with Crippen molar-refractivity contribution in [3.8, 4) is 16.9 Å². The maximum absolute atomic E-state index is 11.7. The summed E-state index contributed by atoms with van der Waals surface area (Å²) in [7, 11) is 1.22. The summed E-state index contributed by atoms with van der Waals surface area (Å²) in [4.78, 5) is 20.0. The number of halogens is 2. The Bertz CT molecular complexity index is 931. The number of benzene rings is 1. The number of rotatable bonds is 2. The zero-order chi connectivity index (χ0) is 16.6. The minimum absolute atomic E-state index is 0.192. The maximum Gasteiger partial charge on any atom is 0.360 e. The number of aromatic nitrogens is 2. The summed E-state index contributed by atoms with van der Waals surface area (Å²) in [5, 5.41) is 11.5. The van der Waals surface area contributed by atoms with Gasteiger partial charge in [0.15, 0.2) is 11.4 Å². The van der Waals surface area contributed by atoms with E-state index in [1.807, 2.05) is 12.1 Å². The molecule has 0 unspecified atom stereocenters. The molecule has 0 bridgehead atoms. The Balaban J connectivity index is 2.35. The standard InChI is InChI=1S/C16H10BrClN2O3/c1-23-16(22)13-14(21)12-11(15(17)20-13)10(5-6-19-12)8-3-2-4-9(18)7-8/h2-7,21H,1H3. The van der Waals surface area contributed by atoms with Crippen molar-refractivity contribution in [1.82, 2.24) is 9.97 Å². The number of pyridine rings is 2. The van der Waals surface area contributed by atoms with E-state index in [4.69, 9.17) is 11.6 Å². The van der Waals surface area contributed by atoms with Crippen molar-refractivity contribution in [2.45, 2.75) is 0 Å². The summed E-state index contributed by atoms with van der Waals surface area (Å²) in [5.74, 6) is -1.06. The molecule has 0 atom stereocenters. The van der Waals surface area contributed by atoms with Gasteiger partial charge in [-0.05, 0) is 45.3 Å². The average Bonchev–Trinajstić information content (AvgIpc) is 2.56. The second kappa shape index (κ2) is 6.14. The Morgan fingerprint density at radius 3 is 2.83 bits per heavy atom. The summed E-state index contributed by atoms with van der Waals surface area (Å²) < 4.78 is 5.01. The van der Waals surface area contributed by atoms with Crippen LogP contribution in [0.25, 0.3) is 22.0 Å². The van der Waals surface area contributed by atoms with E-state index < -0.39 is 5.97 Å². The minimum Gasteiger partial charge on any atom is -0.504 e. The lowest BCUT2D eigenvalue weighted by Gasteiger charge is -2.11. The van der Waals surface area contributed by atoms with Crippen LogP contribution < -0.4 is 0 Å². The Labute approximate surface area is 145 Å². The van der Waals surface area contributed by atoms with E-state index in [2.05, 4.69) is 30.6 Å². The Hall–Kier alpha value is -2.18. The molecule has 0 aliphatic heterocycles. The monoisotopic (exact) mass is 392 g/mol. The van der Waals surface area contributed by atoms with Crippen LogP contribution in [0, 0.1) is 0 Å². The first-order valence-electron chi connectivity index (χ1n) is 6.54. The SMILES string of the molecule is COC(=O)c1nc(Br)c2c(-c3cccc(Cl)c3)ccnc2c1O. The lowest BCUT2D eigenvalue weighted by Crippen LogP contribution is -2.06. The summed E-state index contributed by atoms with van der Waals surface area (Å²) in [6.45, 7) is 0. The first kappa shape index (κ1) is 15.7. The third kappa shape index (κ3) is 2.75. The van der Waals surface area contributed by atoms with Gasteiger partial charge in [0.05, 0.1) is 7.11 Å². The predicted octanol–water partition coefficient (Wildman–Crippen LogP) is 4.20. The van der Waals surface area contributed by atoms with E-state index in [1.165, 1.54) is 7.11 Å². The van der Waals surface area contributed by atoms with Crippen LogP contribution in [-0.4, -0.2) is 28.2 Å². The van der Waals surface area contributed by atoms with Crippen LogP contribution in [0.1, 0.15) is 10.5 Å². The van der Waals surface area contributed by atoms with Crippen LogP contribution in [0.2, 0.25) is 5.02 Å². The van der Waals surface area contributed by atoms with Gasteiger partial charge in [-0.1, -0.05) is 23.7 Å². The zero-order valence-electron chi connectivity index (χ0n) is 11.9. The van der Waals surface area contributed by atoms with Gasteiger partial charge in [0.25, 0.3) is 0 Å². The highest BCUT2D eigenvalue weighted by atomic mass is 79.9. The number of ether oxygens (including phenoxy) is 1. The number of esters is 1. The van der Waals surface area contributed by atoms with Gasteiger partial charge in [0.2, 0.25) is 0 Å². The van der Waals surface area contributed by atoms with E-state index in [9.17, 15) is 9.90 Å². The third-order valence-corrected chi connectivity index (χ3v) is 4.14. The van der Waals surface area contributed by atoms with Crippen molar-refractivity contribution in [3.05, 3.63) is 51.8 Å². The van der Waals surface area contributed by atoms with Crippen LogP contribution in [0.4, 0.5) is 0 Å². The topological polar surface area (TPSA) is 72.3 Å². The highest BCUT2D eigenvalue weighted by Gasteiger charge is 2.21. The van der Waals surface area contributed by atoms with Crippen molar-refractivity contribution in [2.24, 2.45) is 0 Å². The third-order valence-electron chi connectivity index (χ3n) is 3.33. The van der Waals surface area contributed by atoms with Crippen LogP contribution in [0.15, 0.2) is 41.1 Å². The van der Waals surface area contributed by atoms with E-state index in [0.29, 0.717) is 15.0 Å². The second-order valence-corrected chi connectivity index (χ2v) is 5.87. The van der Waals surface area contributed by atoms with E-state index >= 15 is 0 Å². The lowest BCUT2D eigenvalue weighted by molar-refractivity contribution is 0.0590. The number of hydrogen-bond donors (Lipinski definition) is 1. The first-order chi connectivity index (χ1) is 11.0. The molecule has 0 aliphatic carbocycles. The molecule has 1 aromatic carbocycles. The Kier molecular flexibility index (Phi) is 4.19. The summed E-state index contributed by atoms with van der Waals surface area (Å²) in [6, 6.07) is 9.08. The molecule has 116 valence electrons. The van der Waals surface area contributed by atoms with Crippen molar-refractivity contribution in [2.75, 3.05) is 7.11 Å². The molecule has 2 aromatic heterocycles. The van der Waals surface area contributed by atoms with E-state index in [-0.39, 0.29) is 17.0 Å². The van der Waals surface area contributed by atoms with Crippen molar-refractivity contribution in [3.63, 3.8) is 0 Å². The van der Waals surface area contributed by atoms with Crippen LogP contribution in [-0.2, 0) is 4.74 Å². The normalized spacial score (nSPS) is 10.7. The number of hydrogen-bond acceptors (Lipinski definition) is 5. The molecule has 2 heterocycles. The number of nitrogens with zero attached hydrogens (tertiary/aromatic N) is 2. The average molecular weight is 394 g/mol. The molecule has 0 spiro atoms. The number of fused-ring (bicyclic) bond motifs is 1. The van der Waals surface area contributed by atoms with Crippen LogP contribution >= 0.6 is 27.5 Å². The number of aromatic hydroxyl groups is 1. The van der Waals surface area contributed by atoms with Gasteiger partial charge in [-0.3, -0.25) is 4.98 Å². The van der Waals surface area contributed by atoms with E-state index in [0.717, 1.165) is 11.1 Å². The fourth-order valence-electron chi connectivity index (χ4n) is 2.30. The highest BCUT2D eigenvalue weighted by Crippen LogP contribution is 2.37. The van der Waals surface area contributed by atoms with Crippen molar-refractivity contribution < 1.29 is 14.6 Å². The van der Waals surface area contributed by atoms with E-state index in [1.54, 1.807) is 24.4 Å². The van der Waals surface area contributed by atoms with Crippen molar-refractivity contribution >= 4 is 44.4 Å². The molecule has 7 heteroatoms. The summed E-state index contributed by atoms with van der Waals surface area (Å²) in [6.07, 6.45) is 1.55. The van der Waals surface area contributed by atoms with Gasteiger partial charge < -0.3 is 9.84 Å². The Morgan fingerprint density at radius 1 is 1.35 bits per heavy atom. The van der Waals surface area contributed by atoms with Gasteiger partial charge >= 0.3 is 5.97 Å². The fourth-order valence-corrected chi connectivity index (χ4v) is 3.07. The minimum atomic E-state index is -0.736. The molecule has 0 saturated heterocycles. The molecule has 23 heavy (non-hydrogen) atoms. The molecule has 3 rings (SSSR count).